The van der Waals surface area contributed by atoms with E-state index in [1.54, 1.807) is 6.33 Å². The van der Waals surface area contributed by atoms with Crippen molar-refractivity contribution in [2.45, 2.75) is 6.92 Å². The number of halogens is 1. The molecule has 0 saturated carbocycles. The summed E-state index contributed by atoms with van der Waals surface area (Å²) in [7, 11) is 0. The SMILES string of the molecule is CC#CCNc1ccc2ncnc(Nc3cccc(Br)c3)c2c1. The van der Waals surface area contributed by atoms with Crippen LogP contribution in [0.25, 0.3) is 10.9 Å². The van der Waals surface area contributed by atoms with Crippen molar-refractivity contribution in [3.63, 3.8) is 0 Å². The summed E-state index contributed by atoms with van der Waals surface area (Å²) in [6.07, 6.45) is 1.57. The average molecular weight is 367 g/mol. The first-order chi connectivity index (χ1) is 11.3. The molecule has 2 aromatic carbocycles. The summed E-state index contributed by atoms with van der Waals surface area (Å²) in [5.41, 5.74) is 2.85. The van der Waals surface area contributed by atoms with Crippen LogP contribution in [0.3, 0.4) is 0 Å². The summed E-state index contributed by atoms with van der Waals surface area (Å²) in [6, 6.07) is 14.0. The van der Waals surface area contributed by atoms with Gasteiger partial charge in [0.1, 0.15) is 12.1 Å². The highest BCUT2D eigenvalue weighted by molar-refractivity contribution is 9.10. The Balaban J connectivity index is 1.95. The first kappa shape index (κ1) is 15.3. The Bertz CT molecular complexity index is 896. The second-order valence-electron chi connectivity index (χ2n) is 4.87. The Morgan fingerprint density at radius 1 is 1.09 bits per heavy atom. The van der Waals surface area contributed by atoms with Gasteiger partial charge in [0.25, 0.3) is 0 Å². The average Bonchev–Trinajstić information content (AvgIpc) is 2.56. The first-order valence-electron chi connectivity index (χ1n) is 7.17. The number of aromatic nitrogens is 2. The molecule has 0 fully saturated rings. The number of nitrogens with one attached hydrogen (secondary N) is 2. The third-order valence-electron chi connectivity index (χ3n) is 3.28. The van der Waals surface area contributed by atoms with Crippen LogP contribution in [0.2, 0.25) is 0 Å². The highest BCUT2D eigenvalue weighted by Gasteiger charge is 2.05. The molecule has 114 valence electrons. The van der Waals surface area contributed by atoms with Gasteiger partial charge in [-0.2, -0.15) is 0 Å². The number of hydrogen-bond donors (Lipinski definition) is 2. The highest BCUT2D eigenvalue weighted by atomic mass is 79.9. The lowest BCUT2D eigenvalue weighted by molar-refractivity contribution is 1.22. The largest absolute Gasteiger partial charge is 0.374 e. The number of benzene rings is 2. The minimum absolute atomic E-state index is 0.615. The maximum atomic E-state index is 4.38. The Labute approximate surface area is 143 Å². The van der Waals surface area contributed by atoms with E-state index >= 15 is 0 Å². The van der Waals surface area contributed by atoms with Gasteiger partial charge in [0.2, 0.25) is 0 Å². The molecule has 0 saturated heterocycles. The number of fused-ring (bicyclic) bond motifs is 1. The fourth-order valence-electron chi connectivity index (χ4n) is 2.20. The molecule has 1 aromatic heterocycles. The van der Waals surface area contributed by atoms with Crippen LogP contribution in [-0.2, 0) is 0 Å². The molecule has 2 N–H and O–H groups in total. The van der Waals surface area contributed by atoms with Crippen molar-refractivity contribution in [2.75, 3.05) is 17.2 Å². The molecule has 0 aliphatic carbocycles. The van der Waals surface area contributed by atoms with Crippen molar-refractivity contribution in [1.29, 1.82) is 0 Å². The molecule has 0 bridgehead atoms. The maximum Gasteiger partial charge on any atom is 0.141 e. The Kier molecular flexibility index (Phi) is 4.74. The molecule has 0 atom stereocenters. The molecule has 3 aromatic rings. The van der Waals surface area contributed by atoms with Gasteiger partial charge in [-0.1, -0.05) is 27.9 Å². The van der Waals surface area contributed by atoms with Gasteiger partial charge in [0.15, 0.2) is 0 Å². The second-order valence-corrected chi connectivity index (χ2v) is 5.79. The zero-order valence-electron chi connectivity index (χ0n) is 12.6. The van der Waals surface area contributed by atoms with Crippen LogP contribution in [0.15, 0.2) is 53.3 Å². The second kappa shape index (κ2) is 7.12. The van der Waals surface area contributed by atoms with Crippen molar-refractivity contribution in [2.24, 2.45) is 0 Å². The van der Waals surface area contributed by atoms with Crippen molar-refractivity contribution in [1.82, 2.24) is 9.97 Å². The Morgan fingerprint density at radius 3 is 2.83 bits per heavy atom. The molecular formula is C18H15BrN4. The monoisotopic (exact) mass is 366 g/mol. The minimum atomic E-state index is 0.615. The molecular weight excluding hydrogens is 352 g/mol. The Morgan fingerprint density at radius 2 is 2.00 bits per heavy atom. The van der Waals surface area contributed by atoms with Crippen LogP contribution in [0.5, 0.6) is 0 Å². The lowest BCUT2D eigenvalue weighted by Gasteiger charge is -2.10. The maximum absolute atomic E-state index is 4.38. The fourth-order valence-corrected chi connectivity index (χ4v) is 2.60. The number of nitrogens with zero attached hydrogens (tertiary/aromatic N) is 2. The summed E-state index contributed by atoms with van der Waals surface area (Å²) in [6.45, 7) is 2.44. The third-order valence-corrected chi connectivity index (χ3v) is 3.77. The summed E-state index contributed by atoms with van der Waals surface area (Å²) in [4.78, 5) is 8.70. The van der Waals surface area contributed by atoms with Gasteiger partial charge in [-0.25, -0.2) is 9.97 Å². The van der Waals surface area contributed by atoms with Crippen molar-refractivity contribution in [3.8, 4) is 11.8 Å². The topological polar surface area (TPSA) is 49.8 Å². The molecule has 3 rings (SSSR count). The standard InChI is InChI=1S/C18H15BrN4/c1-2-3-9-20-14-7-8-17-16(11-14)18(22-12-21-17)23-15-6-4-5-13(19)10-15/h4-8,10-12,20H,9H2,1H3,(H,21,22,23). The highest BCUT2D eigenvalue weighted by Crippen LogP contribution is 2.26. The lowest BCUT2D eigenvalue weighted by Crippen LogP contribution is -2.00. The minimum Gasteiger partial charge on any atom is -0.374 e. The van der Waals surface area contributed by atoms with Crippen LogP contribution in [0.4, 0.5) is 17.2 Å². The van der Waals surface area contributed by atoms with Crippen LogP contribution < -0.4 is 10.6 Å². The molecule has 0 spiro atoms. The zero-order chi connectivity index (χ0) is 16.1. The summed E-state index contributed by atoms with van der Waals surface area (Å²) >= 11 is 3.48. The molecule has 5 heteroatoms. The van der Waals surface area contributed by atoms with Crippen LogP contribution in [0.1, 0.15) is 6.92 Å². The van der Waals surface area contributed by atoms with Gasteiger partial charge in [-0.05, 0) is 43.3 Å². The quantitative estimate of drug-likeness (QED) is 0.664. The van der Waals surface area contributed by atoms with Gasteiger partial charge in [-0.15, -0.1) is 5.92 Å². The van der Waals surface area contributed by atoms with E-state index in [0.717, 1.165) is 32.6 Å². The van der Waals surface area contributed by atoms with Gasteiger partial charge in [-0.3, -0.25) is 0 Å². The predicted molar refractivity (Wildman–Crippen MR) is 98.9 cm³/mol. The molecule has 0 unspecified atom stereocenters. The molecule has 0 radical (unpaired) electrons. The van der Waals surface area contributed by atoms with Gasteiger partial charge in [0.05, 0.1) is 12.1 Å². The summed E-state index contributed by atoms with van der Waals surface area (Å²) in [5, 5.41) is 7.58. The van der Waals surface area contributed by atoms with Crippen molar-refractivity contribution >= 4 is 44.0 Å². The van der Waals surface area contributed by atoms with Crippen LogP contribution in [0, 0.1) is 11.8 Å². The number of rotatable bonds is 4. The van der Waals surface area contributed by atoms with Crippen LogP contribution >= 0.6 is 15.9 Å². The van der Waals surface area contributed by atoms with E-state index in [0.29, 0.717) is 6.54 Å². The fraction of sp³-hybridized carbons (Fsp3) is 0.111. The van der Waals surface area contributed by atoms with E-state index in [9.17, 15) is 0 Å². The normalized spacial score (nSPS) is 10.0. The number of hydrogen-bond acceptors (Lipinski definition) is 4. The molecule has 0 amide bonds. The first-order valence-corrected chi connectivity index (χ1v) is 7.96. The van der Waals surface area contributed by atoms with E-state index in [4.69, 9.17) is 0 Å². The zero-order valence-corrected chi connectivity index (χ0v) is 14.2. The van der Waals surface area contributed by atoms with Crippen molar-refractivity contribution in [3.05, 3.63) is 53.3 Å². The molecule has 0 aliphatic heterocycles. The molecule has 23 heavy (non-hydrogen) atoms. The van der Waals surface area contributed by atoms with E-state index in [-0.39, 0.29) is 0 Å². The van der Waals surface area contributed by atoms with E-state index in [2.05, 4.69) is 48.4 Å². The number of anilines is 3. The summed E-state index contributed by atoms with van der Waals surface area (Å²) < 4.78 is 1.02. The Hall–Kier alpha value is -2.58. The van der Waals surface area contributed by atoms with Gasteiger partial charge < -0.3 is 10.6 Å². The van der Waals surface area contributed by atoms with E-state index in [1.807, 2.05) is 49.4 Å². The van der Waals surface area contributed by atoms with Crippen molar-refractivity contribution < 1.29 is 0 Å². The third kappa shape index (κ3) is 3.79. The predicted octanol–water partition coefficient (Wildman–Crippen LogP) is 4.57. The van der Waals surface area contributed by atoms with Gasteiger partial charge in [0, 0.05) is 21.2 Å². The van der Waals surface area contributed by atoms with Crippen LogP contribution in [-0.4, -0.2) is 16.5 Å². The van der Waals surface area contributed by atoms with E-state index in [1.165, 1.54) is 0 Å². The van der Waals surface area contributed by atoms with Gasteiger partial charge >= 0.3 is 0 Å². The van der Waals surface area contributed by atoms with E-state index < -0.39 is 0 Å². The molecule has 4 nitrogen and oxygen atoms in total. The lowest BCUT2D eigenvalue weighted by atomic mass is 10.2. The molecule has 0 aliphatic rings. The summed E-state index contributed by atoms with van der Waals surface area (Å²) in [5.74, 6) is 6.64. The molecule has 1 heterocycles. The smallest absolute Gasteiger partial charge is 0.141 e.